The van der Waals surface area contributed by atoms with Crippen LogP contribution in [0, 0.1) is 0 Å². The van der Waals surface area contributed by atoms with Gasteiger partial charge in [-0.2, -0.15) is 5.10 Å². The van der Waals surface area contributed by atoms with Crippen molar-refractivity contribution in [2.75, 3.05) is 0 Å². The van der Waals surface area contributed by atoms with Crippen molar-refractivity contribution in [1.29, 1.82) is 0 Å². The zero-order chi connectivity index (χ0) is 15.1. The van der Waals surface area contributed by atoms with E-state index in [0.717, 1.165) is 0 Å². The molecule has 1 fully saturated rings. The van der Waals surface area contributed by atoms with Crippen molar-refractivity contribution in [2.24, 2.45) is 0 Å². The van der Waals surface area contributed by atoms with Crippen LogP contribution in [0.1, 0.15) is 18.4 Å². The summed E-state index contributed by atoms with van der Waals surface area (Å²) < 4.78 is 1.56. The highest BCUT2D eigenvalue weighted by atomic mass is 35.5. The summed E-state index contributed by atoms with van der Waals surface area (Å²) in [5.41, 5.74) is 1.16. The predicted molar refractivity (Wildman–Crippen MR) is 78.9 cm³/mol. The summed E-state index contributed by atoms with van der Waals surface area (Å²) in [5.74, 6) is -1.39. The highest BCUT2D eigenvalue weighted by Crippen LogP contribution is 2.31. The fourth-order valence-electron chi connectivity index (χ4n) is 2.38. The highest BCUT2D eigenvalue weighted by Gasteiger charge is 2.40. The molecule has 3 rings (SSSR count). The molecule has 1 aliphatic heterocycles. The van der Waals surface area contributed by atoms with Crippen LogP contribution >= 0.6 is 23.2 Å². The fraction of sp³-hybridized carbons (Fsp3) is 0.214. The van der Waals surface area contributed by atoms with Crippen LogP contribution in [0.3, 0.4) is 0 Å². The Hall–Kier alpha value is -1.85. The van der Waals surface area contributed by atoms with E-state index in [1.165, 1.54) is 6.20 Å². The van der Waals surface area contributed by atoms with Gasteiger partial charge in [-0.05, 0) is 30.7 Å². The molecule has 0 saturated carbocycles. The maximum absolute atomic E-state index is 12.1. The van der Waals surface area contributed by atoms with E-state index in [1.807, 2.05) is 0 Å². The van der Waals surface area contributed by atoms with Crippen molar-refractivity contribution in [3.63, 3.8) is 0 Å². The molecule has 5 nitrogen and oxygen atoms in total. The molecule has 1 N–H and O–H groups in total. The second-order valence-corrected chi connectivity index (χ2v) is 5.72. The van der Waals surface area contributed by atoms with Crippen molar-refractivity contribution in [2.45, 2.75) is 18.9 Å². The fourth-order valence-corrected chi connectivity index (χ4v) is 2.74. The minimum Gasteiger partial charge on any atom is -0.346 e. The minimum atomic E-state index is -0.876. The average molecular weight is 324 g/mol. The van der Waals surface area contributed by atoms with Crippen molar-refractivity contribution in [3.05, 3.63) is 46.2 Å². The molecule has 0 aliphatic carbocycles. The molecule has 7 heteroatoms. The number of halogens is 2. The number of aromatic nitrogens is 2. The Bertz CT molecular complexity index is 742. The van der Waals surface area contributed by atoms with Crippen LogP contribution in [0.2, 0.25) is 10.0 Å². The number of carbonyl (C=O) groups excluding carboxylic acids is 2. The molecule has 1 aromatic carbocycles. The number of ketones is 1. The minimum absolute atomic E-state index is 0.183. The van der Waals surface area contributed by atoms with Gasteiger partial charge in [0.15, 0.2) is 5.78 Å². The Labute approximate surface area is 130 Å². The van der Waals surface area contributed by atoms with Gasteiger partial charge < -0.3 is 5.32 Å². The molecule has 1 saturated heterocycles. The van der Waals surface area contributed by atoms with Crippen LogP contribution in [0.4, 0.5) is 0 Å². The number of rotatable bonds is 2. The number of carbonyl (C=O) groups is 2. The quantitative estimate of drug-likeness (QED) is 0.863. The monoisotopic (exact) mass is 323 g/mol. The zero-order valence-corrected chi connectivity index (χ0v) is 12.5. The SMILES string of the molecule is CC1NC(=O)C(c2cc(-n3cc(Cl)cn3)ccc2Cl)C1=O. The first-order valence-electron chi connectivity index (χ1n) is 6.31. The van der Waals surface area contributed by atoms with Crippen molar-refractivity contribution >= 4 is 34.9 Å². The third kappa shape index (κ3) is 2.43. The highest BCUT2D eigenvalue weighted by molar-refractivity contribution is 6.32. The van der Waals surface area contributed by atoms with Crippen LogP contribution in [-0.2, 0) is 9.59 Å². The smallest absolute Gasteiger partial charge is 0.235 e. The Morgan fingerprint density at radius 1 is 1.29 bits per heavy atom. The molecule has 2 atom stereocenters. The molecule has 21 heavy (non-hydrogen) atoms. The van der Waals surface area contributed by atoms with Gasteiger partial charge in [0.1, 0.15) is 5.92 Å². The maximum Gasteiger partial charge on any atom is 0.235 e. The summed E-state index contributed by atoms with van der Waals surface area (Å²) in [5, 5.41) is 7.58. The van der Waals surface area contributed by atoms with Gasteiger partial charge in [-0.25, -0.2) is 4.68 Å². The van der Waals surface area contributed by atoms with Gasteiger partial charge in [-0.15, -0.1) is 0 Å². The molecule has 2 heterocycles. The van der Waals surface area contributed by atoms with E-state index in [4.69, 9.17) is 23.2 Å². The molecule has 0 radical (unpaired) electrons. The van der Waals surface area contributed by atoms with E-state index in [0.29, 0.717) is 21.3 Å². The number of nitrogens with zero attached hydrogens (tertiary/aromatic N) is 2. The molecule has 108 valence electrons. The first-order chi connectivity index (χ1) is 9.97. The second-order valence-electron chi connectivity index (χ2n) is 4.87. The van der Waals surface area contributed by atoms with Crippen LogP contribution < -0.4 is 5.32 Å². The van der Waals surface area contributed by atoms with Crippen LogP contribution in [0.25, 0.3) is 5.69 Å². The number of hydrogen-bond donors (Lipinski definition) is 1. The molecule has 0 bridgehead atoms. The Morgan fingerprint density at radius 2 is 2.05 bits per heavy atom. The topological polar surface area (TPSA) is 64.0 Å². The molecule has 1 aliphatic rings. The lowest BCUT2D eigenvalue weighted by Crippen LogP contribution is -2.25. The number of Topliss-reactive ketones (excluding diaryl/α,β-unsaturated/α-hetero) is 1. The summed E-state index contributed by atoms with van der Waals surface area (Å²) in [6, 6.07) is 4.58. The van der Waals surface area contributed by atoms with Gasteiger partial charge in [-0.1, -0.05) is 23.2 Å². The lowest BCUT2D eigenvalue weighted by atomic mass is 9.94. The zero-order valence-electron chi connectivity index (χ0n) is 11.0. The summed E-state index contributed by atoms with van der Waals surface area (Å²) in [7, 11) is 0. The standard InChI is InChI=1S/C14H11Cl2N3O2/c1-7-13(20)12(14(21)18-7)10-4-9(2-3-11(10)16)19-6-8(15)5-17-19/h2-7,12H,1H3,(H,18,21). The van der Waals surface area contributed by atoms with E-state index in [1.54, 1.807) is 36.0 Å². The molecule has 2 unspecified atom stereocenters. The first-order valence-corrected chi connectivity index (χ1v) is 7.07. The van der Waals surface area contributed by atoms with E-state index >= 15 is 0 Å². The third-order valence-corrected chi connectivity index (χ3v) is 3.98. The van der Waals surface area contributed by atoms with E-state index in [9.17, 15) is 9.59 Å². The van der Waals surface area contributed by atoms with Crippen molar-refractivity contribution < 1.29 is 9.59 Å². The van der Waals surface area contributed by atoms with Crippen LogP contribution in [-0.4, -0.2) is 27.5 Å². The molecule has 1 amide bonds. The number of hydrogen-bond acceptors (Lipinski definition) is 3. The summed E-state index contributed by atoms with van der Waals surface area (Å²) in [6.07, 6.45) is 3.14. The normalized spacial score (nSPS) is 21.7. The summed E-state index contributed by atoms with van der Waals surface area (Å²) in [6.45, 7) is 1.66. The number of benzene rings is 1. The average Bonchev–Trinajstić information content (AvgIpc) is 2.96. The molecular formula is C14H11Cl2N3O2. The van der Waals surface area contributed by atoms with Crippen LogP contribution in [0.5, 0.6) is 0 Å². The predicted octanol–water partition coefficient (Wildman–Crippen LogP) is 2.35. The van der Waals surface area contributed by atoms with Gasteiger partial charge in [-0.3, -0.25) is 9.59 Å². The van der Waals surface area contributed by atoms with E-state index < -0.39 is 12.0 Å². The molecule has 1 aromatic heterocycles. The van der Waals surface area contributed by atoms with E-state index in [2.05, 4.69) is 10.4 Å². The Morgan fingerprint density at radius 3 is 2.62 bits per heavy atom. The van der Waals surface area contributed by atoms with Gasteiger partial charge >= 0.3 is 0 Å². The van der Waals surface area contributed by atoms with Gasteiger partial charge in [0.25, 0.3) is 0 Å². The van der Waals surface area contributed by atoms with Gasteiger partial charge in [0.2, 0.25) is 5.91 Å². The third-order valence-electron chi connectivity index (χ3n) is 3.44. The van der Waals surface area contributed by atoms with E-state index in [-0.39, 0.29) is 11.7 Å². The lowest BCUT2D eigenvalue weighted by molar-refractivity contribution is -0.124. The van der Waals surface area contributed by atoms with Crippen LogP contribution in [0.15, 0.2) is 30.6 Å². The molecule has 2 aromatic rings. The van der Waals surface area contributed by atoms with Gasteiger partial charge in [0, 0.05) is 11.2 Å². The van der Waals surface area contributed by atoms with Gasteiger partial charge in [0.05, 0.1) is 22.9 Å². The number of nitrogens with one attached hydrogen (secondary N) is 1. The lowest BCUT2D eigenvalue weighted by Gasteiger charge is -2.11. The maximum atomic E-state index is 12.1. The Kier molecular flexibility index (Phi) is 3.47. The molecular weight excluding hydrogens is 313 g/mol. The van der Waals surface area contributed by atoms with Crippen molar-refractivity contribution in [1.82, 2.24) is 15.1 Å². The summed E-state index contributed by atoms with van der Waals surface area (Å²) >= 11 is 12.0. The van der Waals surface area contributed by atoms with Crippen molar-refractivity contribution in [3.8, 4) is 5.69 Å². The summed E-state index contributed by atoms with van der Waals surface area (Å²) in [4.78, 5) is 24.1. The first kappa shape index (κ1) is 14.1. The second kappa shape index (κ2) is 5.16. The molecule has 0 spiro atoms. The largest absolute Gasteiger partial charge is 0.346 e. The Balaban J connectivity index is 2.07. The number of amides is 1.